The largest absolute Gasteiger partial charge is 0.381 e. The van der Waals surface area contributed by atoms with Crippen molar-refractivity contribution >= 4 is 6.03 Å². The molecule has 0 aromatic heterocycles. The molecule has 0 spiro atoms. The molecule has 138 valence electrons. The Bertz CT molecular complexity index is 545. The molecule has 0 radical (unpaired) electrons. The highest BCUT2D eigenvalue weighted by Gasteiger charge is 2.31. The minimum atomic E-state index is 0.0454. The molecule has 0 saturated carbocycles. The van der Waals surface area contributed by atoms with E-state index in [-0.39, 0.29) is 12.1 Å². The highest BCUT2D eigenvalue weighted by atomic mass is 16.5. The summed E-state index contributed by atoms with van der Waals surface area (Å²) in [6.45, 7) is 7.55. The lowest BCUT2D eigenvalue weighted by Gasteiger charge is -2.28. The van der Waals surface area contributed by atoms with Gasteiger partial charge >= 0.3 is 6.03 Å². The molecule has 3 atom stereocenters. The van der Waals surface area contributed by atoms with Crippen LogP contribution in [0.4, 0.5) is 4.79 Å². The maximum Gasteiger partial charge on any atom is 0.317 e. The number of carbonyl (C=O) groups excluding carboxylic acids is 1. The Morgan fingerprint density at radius 3 is 2.84 bits per heavy atom. The number of amides is 2. The van der Waals surface area contributed by atoms with Gasteiger partial charge in [-0.1, -0.05) is 37.3 Å². The van der Waals surface area contributed by atoms with Crippen LogP contribution in [0.15, 0.2) is 30.3 Å². The topological polar surface area (TPSA) is 44.8 Å². The summed E-state index contributed by atoms with van der Waals surface area (Å²) >= 11 is 0. The molecular weight excluding hydrogens is 314 g/mol. The molecular formula is C20H31N3O2. The molecule has 2 aliphatic heterocycles. The molecule has 2 saturated heterocycles. The fourth-order valence-electron chi connectivity index (χ4n) is 3.92. The molecule has 25 heavy (non-hydrogen) atoms. The third kappa shape index (κ3) is 5.19. The van der Waals surface area contributed by atoms with E-state index >= 15 is 0 Å². The summed E-state index contributed by atoms with van der Waals surface area (Å²) in [5.41, 5.74) is 1.33. The van der Waals surface area contributed by atoms with Crippen LogP contribution in [-0.4, -0.2) is 61.8 Å². The number of nitrogens with zero attached hydrogens (tertiary/aromatic N) is 2. The van der Waals surface area contributed by atoms with Gasteiger partial charge in [0.2, 0.25) is 0 Å². The Kier molecular flexibility index (Phi) is 6.32. The van der Waals surface area contributed by atoms with Crippen molar-refractivity contribution < 1.29 is 9.53 Å². The Morgan fingerprint density at radius 2 is 2.12 bits per heavy atom. The summed E-state index contributed by atoms with van der Waals surface area (Å²) in [5.74, 6) is 0.944. The molecule has 1 aromatic rings. The Labute approximate surface area is 151 Å². The predicted molar refractivity (Wildman–Crippen MR) is 99.4 cm³/mol. The second-order valence-corrected chi connectivity index (χ2v) is 7.68. The summed E-state index contributed by atoms with van der Waals surface area (Å²) in [5, 5.41) is 3.24. The minimum absolute atomic E-state index is 0.0454. The van der Waals surface area contributed by atoms with E-state index in [2.05, 4.69) is 41.4 Å². The first-order chi connectivity index (χ1) is 12.1. The lowest BCUT2D eigenvalue weighted by atomic mass is 10.0. The van der Waals surface area contributed by atoms with Crippen LogP contribution in [0.2, 0.25) is 0 Å². The first-order valence-electron chi connectivity index (χ1n) is 9.47. The van der Waals surface area contributed by atoms with E-state index in [9.17, 15) is 4.79 Å². The van der Waals surface area contributed by atoms with E-state index in [1.807, 2.05) is 18.0 Å². The fourth-order valence-corrected chi connectivity index (χ4v) is 3.92. The number of hydrogen-bond acceptors (Lipinski definition) is 3. The molecule has 0 unspecified atom stereocenters. The summed E-state index contributed by atoms with van der Waals surface area (Å²) in [4.78, 5) is 16.8. The van der Waals surface area contributed by atoms with Crippen LogP contribution < -0.4 is 5.32 Å². The van der Waals surface area contributed by atoms with E-state index in [1.54, 1.807) is 0 Å². The van der Waals surface area contributed by atoms with Gasteiger partial charge in [0.25, 0.3) is 0 Å². The van der Waals surface area contributed by atoms with Gasteiger partial charge in [0.05, 0.1) is 6.61 Å². The van der Waals surface area contributed by atoms with E-state index < -0.39 is 0 Å². The van der Waals surface area contributed by atoms with Gasteiger partial charge in [-0.25, -0.2) is 4.79 Å². The van der Waals surface area contributed by atoms with E-state index in [4.69, 9.17) is 4.74 Å². The summed E-state index contributed by atoms with van der Waals surface area (Å²) in [7, 11) is 1.89. The predicted octanol–water partition coefficient (Wildman–Crippen LogP) is 2.57. The van der Waals surface area contributed by atoms with Gasteiger partial charge in [0.15, 0.2) is 0 Å². The first kappa shape index (κ1) is 18.2. The highest BCUT2D eigenvalue weighted by Crippen LogP contribution is 2.20. The second kappa shape index (κ2) is 8.68. The summed E-state index contributed by atoms with van der Waals surface area (Å²) < 4.78 is 5.52. The number of hydrogen-bond donors (Lipinski definition) is 1. The van der Waals surface area contributed by atoms with Crippen molar-refractivity contribution in [2.45, 2.75) is 32.4 Å². The van der Waals surface area contributed by atoms with Crippen LogP contribution in [-0.2, 0) is 11.3 Å². The molecule has 2 amide bonds. The van der Waals surface area contributed by atoms with Crippen LogP contribution >= 0.6 is 0 Å². The third-order valence-electron chi connectivity index (χ3n) is 5.38. The number of nitrogens with one attached hydrogen (secondary N) is 1. The van der Waals surface area contributed by atoms with Crippen LogP contribution in [0.5, 0.6) is 0 Å². The Hall–Kier alpha value is -1.59. The molecule has 0 bridgehead atoms. The number of rotatable bonds is 5. The van der Waals surface area contributed by atoms with Crippen molar-refractivity contribution in [2.75, 3.05) is 39.9 Å². The van der Waals surface area contributed by atoms with Crippen LogP contribution in [0.25, 0.3) is 0 Å². The van der Waals surface area contributed by atoms with Crippen molar-refractivity contribution in [3.8, 4) is 0 Å². The number of ether oxygens (including phenoxy) is 1. The van der Waals surface area contributed by atoms with Crippen LogP contribution in [0.1, 0.15) is 25.3 Å². The molecule has 0 aliphatic carbocycles. The Morgan fingerprint density at radius 1 is 1.32 bits per heavy atom. The zero-order valence-electron chi connectivity index (χ0n) is 15.5. The quantitative estimate of drug-likeness (QED) is 0.892. The van der Waals surface area contributed by atoms with Crippen molar-refractivity contribution in [3.63, 3.8) is 0 Å². The molecule has 3 rings (SSSR count). The number of likely N-dealkylation sites (tertiary alicyclic amines) is 1. The first-order valence-corrected chi connectivity index (χ1v) is 9.47. The van der Waals surface area contributed by atoms with Gasteiger partial charge in [0.1, 0.15) is 0 Å². The highest BCUT2D eigenvalue weighted by molar-refractivity contribution is 5.74. The fraction of sp³-hybridized carbons (Fsp3) is 0.650. The van der Waals surface area contributed by atoms with Crippen molar-refractivity contribution in [3.05, 3.63) is 35.9 Å². The van der Waals surface area contributed by atoms with Crippen molar-refractivity contribution in [1.82, 2.24) is 15.1 Å². The number of urea groups is 1. The van der Waals surface area contributed by atoms with Gasteiger partial charge < -0.3 is 15.0 Å². The van der Waals surface area contributed by atoms with Crippen molar-refractivity contribution in [2.24, 2.45) is 11.8 Å². The summed E-state index contributed by atoms with van der Waals surface area (Å²) in [6, 6.07) is 10.8. The average Bonchev–Trinajstić information content (AvgIpc) is 2.95. The molecule has 2 fully saturated rings. The van der Waals surface area contributed by atoms with E-state index in [0.717, 1.165) is 52.2 Å². The minimum Gasteiger partial charge on any atom is -0.381 e. The van der Waals surface area contributed by atoms with Gasteiger partial charge in [-0.2, -0.15) is 0 Å². The smallest absolute Gasteiger partial charge is 0.317 e. The standard InChI is InChI=1S/C20H31N3O2/c1-16-11-23(13-17-7-4-3-5-8-17)14-19(16)21-20(24)22(2)12-18-9-6-10-25-15-18/h3-5,7-8,16,18-19H,6,9-15H2,1-2H3,(H,21,24)/t16-,18+,19-/m1/s1. The van der Waals surface area contributed by atoms with E-state index in [0.29, 0.717) is 11.8 Å². The molecule has 2 aliphatic rings. The van der Waals surface area contributed by atoms with Gasteiger partial charge in [0, 0.05) is 51.8 Å². The average molecular weight is 345 g/mol. The molecule has 1 N–H and O–H groups in total. The molecule has 5 heteroatoms. The van der Waals surface area contributed by atoms with Gasteiger partial charge in [-0.3, -0.25) is 4.90 Å². The van der Waals surface area contributed by atoms with Crippen LogP contribution in [0.3, 0.4) is 0 Å². The molecule has 2 heterocycles. The van der Waals surface area contributed by atoms with Gasteiger partial charge in [-0.05, 0) is 24.3 Å². The normalized spacial score (nSPS) is 27.2. The second-order valence-electron chi connectivity index (χ2n) is 7.68. The third-order valence-corrected chi connectivity index (χ3v) is 5.38. The zero-order chi connectivity index (χ0) is 17.6. The molecule has 5 nitrogen and oxygen atoms in total. The lowest BCUT2D eigenvalue weighted by Crippen LogP contribution is -2.47. The van der Waals surface area contributed by atoms with Gasteiger partial charge in [-0.15, -0.1) is 0 Å². The Balaban J connectivity index is 1.46. The lowest BCUT2D eigenvalue weighted by molar-refractivity contribution is 0.0456. The number of carbonyl (C=O) groups is 1. The molecule has 1 aromatic carbocycles. The number of benzene rings is 1. The monoisotopic (exact) mass is 345 g/mol. The SMILES string of the molecule is C[C@@H]1CN(Cc2ccccc2)C[C@H]1NC(=O)N(C)C[C@@H]1CCCOC1. The maximum absolute atomic E-state index is 12.5. The summed E-state index contributed by atoms with van der Waals surface area (Å²) in [6.07, 6.45) is 2.26. The van der Waals surface area contributed by atoms with Crippen LogP contribution in [0, 0.1) is 11.8 Å². The van der Waals surface area contributed by atoms with E-state index in [1.165, 1.54) is 5.56 Å². The van der Waals surface area contributed by atoms with Crippen molar-refractivity contribution in [1.29, 1.82) is 0 Å². The maximum atomic E-state index is 12.5. The zero-order valence-corrected chi connectivity index (χ0v) is 15.5.